The molecular formula is C33H37Cl2F3O4. The fourth-order valence-corrected chi connectivity index (χ4v) is 4.76. The number of halogens is 5. The van der Waals surface area contributed by atoms with Gasteiger partial charge < -0.3 is 15.0 Å². The topological polar surface area (TPSA) is 74.6 Å². The van der Waals surface area contributed by atoms with Gasteiger partial charge in [-0.25, -0.2) is 0 Å². The molecule has 0 radical (unpaired) electrons. The number of hydrogen-bond donors (Lipinski definition) is 2. The maximum absolute atomic E-state index is 12.7. The molecule has 2 N–H and O–H groups in total. The van der Waals surface area contributed by atoms with E-state index in [9.17, 15) is 33.0 Å². The van der Waals surface area contributed by atoms with Gasteiger partial charge in [0.15, 0.2) is 6.29 Å². The molecule has 3 aromatic rings. The van der Waals surface area contributed by atoms with E-state index in [1.807, 2.05) is 32.0 Å². The summed E-state index contributed by atoms with van der Waals surface area (Å²) in [6.45, 7) is 6.80. The zero-order chi connectivity index (χ0) is 31.8. The van der Waals surface area contributed by atoms with Crippen molar-refractivity contribution in [3.63, 3.8) is 0 Å². The van der Waals surface area contributed by atoms with Crippen LogP contribution >= 0.6 is 23.2 Å². The maximum atomic E-state index is 12.7. The van der Waals surface area contributed by atoms with Gasteiger partial charge in [0.25, 0.3) is 0 Å². The first kappa shape index (κ1) is 35.5. The van der Waals surface area contributed by atoms with Crippen molar-refractivity contribution in [3.05, 3.63) is 105 Å². The Kier molecular flexibility index (Phi) is 12.4. The molecule has 0 heterocycles. The number of rotatable bonds is 6. The second-order valence-electron chi connectivity index (χ2n) is 11.6. The van der Waals surface area contributed by atoms with Crippen LogP contribution in [0.2, 0.25) is 10.0 Å². The Morgan fingerprint density at radius 3 is 1.71 bits per heavy atom. The second-order valence-corrected chi connectivity index (χ2v) is 12.5. The number of carbonyl (C=O) groups excluding carboxylic acids is 2. The van der Waals surface area contributed by atoms with Crippen molar-refractivity contribution >= 4 is 35.8 Å². The average molecular weight is 626 g/mol. The van der Waals surface area contributed by atoms with Gasteiger partial charge in [0, 0.05) is 21.9 Å². The van der Waals surface area contributed by atoms with Crippen LogP contribution in [-0.4, -0.2) is 40.7 Å². The molecule has 0 amide bonds. The van der Waals surface area contributed by atoms with Crippen molar-refractivity contribution in [2.45, 2.75) is 82.1 Å². The van der Waals surface area contributed by atoms with E-state index in [0.29, 0.717) is 15.6 Å². The van der Waals surface area contributed by atoms with E-state index in [4.69, 9.17) is 23.2 Å². The monoisotopic (exact) mass is 624 g/mol. The Labute approximate surface area is 255 Å². The number of alkyl halides is 3. The molecule has 228 valence electrons. The quantitative estimate of drug-likeness (QED) is 0.274. The molecule has 0 bridgehead atoms. The van der Waals surface area contributed by atoms with Crippen LogP contribution in [0.5, 0.6) is 0 Å². The van der Waals surface area contributed by atoms with Crippen LogP contribution in [0.4, 0.5) is 13.2 Å². The minimum atomic E-state index is -5.00. The Morgan fingerprint density at radius 2 is 1.26 bits per heavy atom. The van der Waals surface area contributed by atoms with Crippen molar-refractivity contribution in [3.8, 4) is 0 Å². The van der Waals surface area contributed by atoms with Gasteiger partial charge in [-0.15, -0.1) is 0 Å². The van der Waals surface area contributed by atoms with E-state index in [-0.39, 0.29) is 6.10 Å². The third kappa shape index (κ3) is 9.94. The van der Waals surface area contributed by atoms with E-state index >= 15 is 0 Å². The molecule has 2 atom stereocenters. The van der Waals surface area contributed by atoms with E-state index in [1.165, 1.54) is 25.0 Å². The van der Waals surface area contributed by atoms with E-state index in [2.05, 4.69) is 18.2 Å². The number of benzene rings is 3. The van der Waals surface area contributed by atoms with Crippen molar-refractivity contribution in [1.29, 1.82) is 0 Å². The van der Waals surface area contributed by atoms with Crippen molar-refractivity contribution in [2.75, 3.05) is 0 Å². The molecule has 9 heteroatoms. The molecule has 42 heavy (non-hydrogen) atoms. The van der Waals surface area contributed by atoms with Gasteiger partial charge in [-0.1, -0.05) is 85.6 Å². The summed E-state index contributed by atoms with van der Waals surface area (Å²) >= 11 is 11.4. The summed E-state index contributed by atoms with van der Waals surface area (Å²) in [7, 11) is 0. The van der Waals surface area contributed by atoms with E-state index in [1.54, 1.807) is 36.4 Å². The summed E-state index contributed by atoms with van der Waals surface area (Å²) in [4.78, 5) is 21.3. The standard InChI is InChI=1S/C13H14ClF3O2.C10H11ClO.C10H12O/c1-11(2,9-3-5-10(14)6-4-9)7-12(19,8-18)13(15,16)17;1-10(2,7-12)8-3-5-9(11)6-4-8;11-10-6-5-8-3-1-2-4-9(8)7-10/h3-6,8,19H,7H2,1-2H3;3-7H,1-2H3;1-4,10-11H,5-7H2. The summed E-state index contributed by atoms with van der Waals surface area (Å²) in [6.07, 6.45) is -2.57. The molecule has 1 aliphatic rings. The maximum Gasteiger partial charge on any atom is 0.424 e. The number of fused-ring (bicyclic) bond motifs is 1. The van der Waals surface area contributed by atoms with Gasteiger partial charge in [-0.2, -0.15) is 13.2 Å². The van der Waals surface area contributed by atoms with Crippen LogP contribution in [0.25, 0.3) is 0 Å². The predicted octanol–water partition coefficient (Wildman–Crippen LogP) is 7.85. The summed E-state index contributed by atoms with van der Waals surface area (Å²) in [5, 5.41) is 20.0. The third-order valence-corrected chi connectivity index (χ3v) is 7.73. The molecule has 0 saturated heterocycles. The molecule has 4 nitrogen and oxygen atoms in total. The van der Waals surface area contributed by atoms with Crippen LogP contribution in [0.3, 0.4) is 0 Å². The van der Waals surface area contributed by atoms with Gasteiger partial charge >= 0.3 is 6.18 Å². The summed E-state index contributed by atoms with van der Waals surface area (Å²) in [5.74, 6) is 0. The SMILES string of the molecule is CC(C)(C=O)c1ccc(Cl)cc1.CC(C)(CC(O)(C=O)C(F)(F)F)c1ccc(Cl)cc1.OC1CCc2ccccc2C1. The number of carbonyl (C=O) groups is 2. The van der Waals surface area contributed by atoms with E-state index < -0.39 is 35.3 Å². The van der Waals surface area contributed by atoms with Crippen molar-refractivity contribution in [2.24, 2.45) is 0 Å². The lowest BCUT2D eigenvalue weighted by molar-refractivity contribution is -0.250. The molecule has 1 aliphatic carbocycles. The van der Waals surface area contributed by atoms with Crippen LogP contribution in [-0.2, 0) is 33.3 Å². The first-order valence-corrected chi connectivity index (χ1v) is 14.2. The van der Waals surface area contributed by atoms with Crippen LogP contribution in [0, 0.1) is 0 Å². The average Bonchev–Trinajstić information content (AvgIpc) is 2.93. The fourth-order valence-electron chi connectivity index (χ4n) is 4.51. The van der Waals surface area contributed by atoms with Crippen molar-refractivity contribution < 1.29 is 33.0 Å². The van der Waals surface area contributed by atoms with Crippen LogP contribution in [0.15, 0.2) is 72.8 Å². The summed E-state index contributed by atoms with van der Waals surface area (Å²) < 4.78 is 38.1. The van der Waals surface area contributed by atoms with Gasteiger partial charge in [-0.3, -0.25) is 4.79 Å². The number of hydrogen-bond acceptors (Lipinski definition) is 4. The molecule has 0 aliphatic heterocycles. The van der Waals surface area contributed by atoms with Crippen molar-refractivity contribution in [1.82, 2.24) is 0 Å². The summed E-state index contributed by atoms with van der Waals surface area (Å²) in [5.41, 5.74) is -0.511. The molecule has 3 aromatic carbocycles. The second kappa shape index (κ2) is 14.6. The molecule has 0 saturated carbocycles. The highest BCUT2D eigenvalue weighted by atomic mass is 35.5. The minimum absolute atomic E-state index is 0.107. The lowest BCUT2D eigenvalue weighted by Gasteiger charge is -2.34. The Hall–Kier alpha value is -2.71. The zero-order valence-electron chi connectivity index (χ0n) is 24.1. The Morgan fingerprint density at radius 1 is 0.786 bits per heavy atom. The first-order valence-electron chi connectivity index (χ1n) is 13.4. The molecule has 2 unspecified atom stereocenters. The highest BCUT2D eigenvalue weighted by molar-refractivity contribution is 6.30. The minimum Gasteiger partial charge on any atom is -0.393 e. The highest BCUT2D eigenvalue weighted by Crippen LogP contribution is 2.40. The fraction of sp³-hybridized carbons (Fsp3) is 0.394. The Bertz CT molecular complexity index is 1310. The van der Waals surface area contributed by atoms with E-state index in [0.717, 1.165) is 31.1 Å². The number of aryl methyl sites for hydroxylation is 1. The first-order chi connectivity index (χ1) is 19.4. The predicted molar refractivity (Wildman–Crippen MR) is 161 cm³/mol. The Balaban J connectivity index is 0.000000231. The normalized spacial score (nSPS) is 16.4. The van der Waals surface area contributed by atoms with Gasteiger partial charge in [0.2, 0.25) is 5.60 Å². The third-order valence-electron chi connectivity index (χ3n) is 7.23. The smallest absolute Gasteiger partial charge is 0.393 e. The van der Waals surface area contributed by atoms with Gasteiger partial charge in [0.1, 0.15) is 6.29 Å². The van der Waals surface area contributed by atoms with Gasteiger partial charge in [0.05, 0.1) is 6.10 Å². The van der Waals surface area contributed by atoms with Crippen LogP contribution < -0.4 is 0 Å². The molecule has 4 rings (SSSR count). The molecular weight excluding hydrogens is 588 g/mol. The lowest BCUT2D eigenvalue weighted by Crippen LogP contribution is -2.50. The molecule has 0 fully saturated rings. The number of aliphatic hydroxyl groups excluding tert-OH is 1. The molecule has 0 spiro atoms. The lowest BCUT2D eigenvalue weighted by atomic mass is 9.75. The zero-order valence-corrected chi connectivity index (χ0v) is 25.6. The van der Waals surface area contributed by atoms with Crippen LogP contribution in [0.1, 0.15) is 62.8 Å². The number of aliphatic hydroxyl groups is 2. The van der Waals surface area contributed by atoms with Gasteiger partial charge in [-0.05, 0) is 85.0 Å². The number of aldehydes is 2. The summed E-state index contributed by atoms with van der Waals surface area (Å²) in [6, 6.07) is 21.9. The highest BCUT2D eigenvalue weighted by Gasteiger charge is 2.56. The molecule has 0 aromatic heterocycles. The largest absolute Gasteiger partial charge is 0.424 e.